The normalized spacial score (nSPS) is 10.5. The fraction of sp³-hybridized carbons (Fsp3) is 0.0476. The number of anilines is 1. The number of hydrogen-bond donors (Lipinski definition) is 2. The summed E-state index contributed by atoms with van der Waals surface area (Å²) in [6.45, 7) is 0. The molecule has 166 valence electrons. The molecule has 0 unspecified atom stereocenters. The van der Waals surface area contributed by atoms with Gasteiger partial charge < -0.3 is 9.47 Å². The highest BCUT2D eigenvalue weighted by atomic mass is 79.9. The van der Waals surface area contributed by atoms with Crippen LogP contribution in [0.2, 0.25) is 0 Å². The molecule has 11 nitrogen and oxygen atoms in total. The number of rotatable bonds is 7. The van der Waals surface area contributed by atoms with E-state index in [9.17, 15) is 14.9 Å². The number of amides is 1. The predicted molar refractivity (Wildman–Crippen MR) is 122 cm³/mol. The molecular formula is C21H15BrN6O5. The van der Waals surface area contributed by atoms with Crippen LogP contribution in [0, 0.1) is 10.1 Å². The van der Waals surface area contributed by atoms with Crippen LogP contribution < -0.4 is 20.3 Å². The minimum absolute atomic E-state index is 0.249. The Balaban J connectivity index is 1.61. The van der Waals surface area contributed by atoms with Gasteiger partial charge in [0.1, 0.15) is 17.6 Å². The lowest BCUT2D eigenvalue weighted by Gasteiger charge is -2.11. The first kappa shape index (κ1) is 21.9. The molecule has 0 aliphatic carbocycles. The number of hydrazine groups is 1. The summed E-state index contributed by atoms with van der Waals surface area (Å²) < 4.78 is 11.6. The number of hydrogen-bond acceptors (Lipinski definition) is 9. The fourth-order valence-corrected chi connectivity index (χ4v) is 3.37. The van der Waals surface area contributed by atoms with E-state index in [0.717, 1.165) is 16.2 Å². The highest BCUT2D eigenvalue weighted by Gasteiger charge is 2.26. The van der Waals surface area contributed by atoms with Gasteiger partial charge in [-0.3, -0.25) is 30.7 Å². The Hall–Kier alpha value is -4.32. The molecule has 0 saturated heterocycles. The van der Waals surface area contributed by atoms with E-state index in [0.29, 0.717) is 16.8 Å². The molecule has 0 saturated carbocycles. The SMILES string of the molecule is COc1ccc(C(=O)NNc2ncnc(Oc3ccc(Br)c4cccnc34)c2[N+](=O)[O-])cc1. The Bertz CT molecular complexity index is 1350. The Labute approximate surface area is 195 Å². The fourth-order valence-electron chi connectivity index (χ4n) is 2.92. The molecule has 4 aromatic rings. The first-order valence-corrected chi connectivity index (χ1v) is 10.2. The van der Waals surface area contributed by atoms with Crippen molar-refractivity contribution >= 4 is 44.2 Å². The number of benzene rings is 2. The maximum atomic E-state index is 12.4. The average Bonchev–Trinajstić information content (AvgIpc) is 2.84. The summed E-state index contributed by atoms with van der Waals surface area (Å²) in [5.74, 6) is -0.241. The van der Waals surface area contributed by atoms with Crippen LogP contribution in [-0.2, 0) is 0 Å². The highest BCUT2D eigenvalue weighted by Crippen LogP contribution is 2.37. The molecule has 0 atom stereocenters. The lowest BCUT2D eigenvalue weighted by atomic mass is 10.2. The Kier molecular flexibility index (Phi) is 6.26. The standard InChI is InChI=1S/C21H15BrN6O5/c1-32-13-6-4-12(5-7-13)20(29)27-26-19-18(28(30)31)21(25-11-24-19)33-16-9-8-15(22)14-3-2-10-23-17(14)16/h2-11H,1H3,(H,27,29)(H,24,25,26). The maximum absolute atomic E-state index is 12.4. The van der Waals surface area contributed by atoms with Crippen molar-refractivity contribution < 1.29 is 19.2 Å². The summed E-state index contributed by atoms with van der Waals surface area (Å²) >= 11 is 3.44. The van der Waals surface area contributed by atoms with E-state index >= 15 is 0 Å². The molecule has 0 spiro atoms. The zero-order chi connectivity index (χ0) is 23.4. The molecule has 0 radical (unpaired) electrons. The smallest absolute Gasteiger partial charge is 0.374 e. The van der Waals surface area contributed by atoms with Crippen LogP contribution in [0.5, 0.6) is 17.4 Å². The number of carbonyl (C=O) groups excluding carboxylic acids is 1. The van der Waals surface area contributed by atoms with Crippen LogP contribution in [0.4, 0.5) is 11.5 Å². The largest absolute Gasteiger partial charge is 0.497 e. The monoisotopic (exact) mass is 510 g/mol. The Morgan fingerprint density at radius 2 is 1.88 bits per heavy atom. The number of nitro groups is 1. The second-order valence-electron chi connectivity index (χ2n) is 6.49. The van der Waals surface area contributed by atoms with E-state index in [1.54, 1.807) is 48.7 Å². The van der Waals surface area contributed by atoms with Gasteiger partial charge in [-0.1, -0.05) is 22.0 Å². The second kappa shape index (κ2) is 9.44. The summed E-state index contributed by atoms with van der Waals surface area (Å²) in [6.07, 6.45) is 2.66. The van der Waals surface area contributed by atoms with Gasteiger partial charge in [0.05, 0.1) is 12.0 Å². The molecular weight excluding hydrogens is 496 g/mol. The van der Waals surface area contributed by atoms with Gasteiger partial charge in [0, 0.05) is 21.6 Å². The van der Waals surface area contributed by atoms with Crippen molar-refractivity contribution in [1.29, 1.82) is 0 Å². The molecule has 0 bridgehead atoms. The van der Waals surface area contributed by atoms with E-state index in [2.05, 4.69) is 41.7 Å². The van der Waals surface area contributed by atoms with Gasteiger partial charge in [-0.2, -0.15) is 4.98 Å². The average molecular weight is 511 g/mol. The Morgan fingerprint density at radius 3 is 2.61 bits per heavy atom. The lowest BCUT2D eigenvalue weighted by Crippen LogP contribution is -2.30. The van der Waals surface area contributed by atoms with Crippen molar-refractivity contribution in [3.63, 3.8) is 0 Å². The molecule has 0 fully saturated rings. The van der Waals surface area contributed by atoms with E-state index in [4.69, 9.17) is 9.47 Å². The molecule has 2 aromatic heterocycles. The van der Waals surface area contributed by atoms with Crippen molar-refractivity contribution in [2.45, 2.75) is 0 Å². The van der Waals surface area contributed by atoms with E-state index in [-0.39, 0.29) is 17.4 Å². The minimum Gasteiger partial charge on any atom is -0.497 e. The number of ether oxygens (including phenoxy) is 2. The number of nitrogens with zero attached hydrogens (tertiary/aromatic N) is 4. The molecule has 33 heavy (non-hydrogen) atoms. The van der Waals surface area contributed by atoms with Crippen LogP contribution in [0.25, 0.3) is 10.9 Å². The van der Waals surface area contributed by atoms with Crippen LogP contribution >= 0.6 is 15.9 Å². The van der Waals surface area contributed by atoms with E-state index in [1.165, 1.54) is 7.11 Å². The van der Waals surface area contributed by atoms with Crippen molar-refractivity contribution in [2.75, 3.05) is 12.5 Å². The first-order chi connectivity index (χ1) is 16.0. The Morgan fingerprint density at radius 1 is 1.09 bits per heavy atom. The van der Waals surface area contributed by atoms with Gasteiger partial charge in [-0.25, -0.2) is 4.98 Å². The summed E-state index contributed by atoms with van der Waals surface area (Å²) in [5.41, 5.74) is 5.09. The van der Waals surface area contributed by atoms with Gasteiger partial charge in [-0.05, 0) is 42.5 Å². The molecule has 2 N–H and O–H groups in total. The van der Waals surface area contributed by atoms with Crippen LogP contribution in [0.1, 0.15) is 10.4 Å². The highest BCUT2D eigenvalue weighted by molar-refractivity contribution is 9.10. The molecule has 2 aromatic carbocycles. The maximum Gasteiger partial charge on any atom is 0.374 e. The van der Waals surface area contributed by atoms with Gasteiger partial charge >= 0.3 is 11.6 Å². The van der Waals surface area contributed by atoms with Crippen molar-refractivity contribution in [3.05, 3.63) is 81.2 Å². The van der Waals surface area contributed by atoms with E-state index in [1.807, 2.05) is 6.07 Å². The van der Waals surface area contributed by atoms with Crippen LogP contribution in [0.3, 0.4) is 0 Å². The third kappa shape index (κ3) is 4.65. The predicted octanol–water partition coefficient (Wildman–Crippen LogP) is 4.25. The number of nitrogens with one attached hydrogen (secondary N) is 2. The molecule has 2 heterocycles. The summed E-state index contributed by atoms with van der Waals surface area (Å²) in [6, 6.07) is 13.3. The molecule has 12 heteroatoms. The summed E-state index contributed by atoms with van der Waals surface area (Å²) in [7, 11) is 1.51. The quantitative estimate of drug-likeness (QED) is 0.275. The summed E-state index contributed by atoms with van der Waals surface area (Å²) in [5, 5.41) is 12.6. The molecule has 4 rings (SSSR count). The third-order valence-electron chi connectivity index (χ3n) is 4.50. The number of carbonyl (C=O) groups is 1. The topological polar surface area (TPSA) is 141 Å². The van der Waals surface area contributed by atoms with Crippen molar-refractivity contribution in [3.8, 4) is 17.4 Å². The number of fused-ring (bicyclic) bond motifs is 1. The van der Waals surface area contributed by atoms with Crippen molar-refractivity contribution in [2.24, 2.45) is 0 Å². The second-order valence-corrected chi connectivity index (χ2v) is 7.34. The molecule has 1 amide bonds. The number of aromatic nitrogens is 3. The number of halogens is 1. The zero-order valence-corrected chi connectivity index (χ0v) is 18.6. The minimum atomic E-state index is -0.703. The van der Waals surface area contributed by atoms with E-state index < -0.39 is 16.5 Å². The van der Waals surface area contributed by atoms with Crippen LogP contribution in [-0.4, -0.2) is 32.9 Å². The molecule has 0 aliphatic rings. The molecule has 0 aliphatic heterocycles. The van der Waals surface area contributed by atoms with Gasteiger partial charge in [0.15, 0.2) is 5.75 Å². The summed E-state index contributed by atoms with van der Waals surface area (Å²) in [4.78, 5) is 35.5. The van der Waals surface area contributed by atoms with Gasteiger partial charge in [-0.15, -0.1) is 0 Å². The first-order valence-electron chi connectivity index (χ1n) is 9.39. The lowest BCUT2D eigenvalue weighted by molar-refractivity contribution is -0.385. The zero-order valence-electron chi connectivity index (χ0n) is 17.0. The number of methoxy groups -OCH3 is 1. The number of pyridine rings is 1. The van der Waals surface area contributed by atoms with Crippen molar-refractivity contribution in [1.82, 2.24) is 20.4 Å². The van der Waals surface area contributed by atoms with Gasteiger partial charge in [0.2, 0.25) is 5.82 Å². The third-order valence-corrected chi connectivity index (χ3v) is 5.20. The van der Waals surface area contributed by atoms with Gasteiger partial charge in [0.25, 0.3) is 5.91 Å². The van der Waals surface area contributed by atoms with Crippen LogP contribution in [0.15, 0.2) is 65.5 Å².